The molecule has 0 aliphatic heterocycles. The fourth-order valence-electron chi connectivity index (χ4n) is 2.30. The van der Waals surface area contributed by atoms with Crippen LogP contribution in [0.5, 0.6) is 0 Å². The second-order valence-electron chi connectivity index (χ2n) is 5.42. The van der Waals surface area contributed by atoms with Crippen LogP contribution in [0, 0.1) is 10.1 Å². The maximum atomic E-state index is 12.0. The second kappa shape index (κ2) is 8.61. The number of nitro benzene ring substituents is 1. The van der Waals surface area contributed by atoms with Crippen LogP contribution < -0.4 is 10.6 Å². The number of nitrogens with one attached hydrogen (secondary N) is 2. The Morgan fingerprint density at radius 2 is 1.96 bits per heavy atom. The van der Waals surface area contributed by atoms with Crippen LogP contribution in [0.3, 0.4) is 0 Å². The third kappa shape index (κ3) is 4.79. The number of rotatable bonds is 7. The Morgan fingerprint density at radius 1 is 1.19 bits per heavy atom. The molecule has 0 spiro atoms. The van der Waals surface area contributed by atoms with Gasteiger partial charge in [0.05, 0.1) is 10.5 Å². The molecule has 2 aromatic carbocycles. The molecule has 8 heteroatoms. The summed E-state index contributed by atoms with van der Waals surface area (Å²) < 4.78 is 4.93. The first-order valence-corrected chi connectivity index (χ1v) is 7.96. The molecule has 136 valence electrons. The van der Waals surface area contributed by atoms with Crippen molar-refractivity contribution in [3.8, 4) is 0 Å². The summed E-state index contributed by atoms with van der Waals surface area (Å²) in [6, 6.07) is 11.2. The van der Waals surface area contributed by atoms with E-state index in [1.807, 2.05) is 25.1 Å². The average Bonchev–Trinajstić information content (AvgIpc) is 2.65. The van der Waals surface area contributed by atoms with Crippen molar-refractivity contribution < 1.29 is 19.2 Å². The van der Waals surface area contributed by atoms with Crippen LogP contribution >= 0.6 is 0 Å². The molecule has 0 atom stereocenters. The Kier molecular flexibility index (Phi) is 6.26. The van der Waals surface area contributed by atoms with Crippen LogP contribution in [0.1, 0.15) is 22.8 Å². The first kappa shape index (κ1) is 18.9. The Morgan fingerprint density at radius 3 is 2.62 bits per heavy atom. The first-order valence-electron chi connectivity index (χ1n) is 7.96. The average molecular weight is 357 g/mol. The van der Waals surface area contributed by atoms with E-state index in [0.717, 1.165) is 18.1 Å². The monoisotopic (exact) mass is 357 g/mol. The number of carbonyl (C=O) groups is 2. The molecule has 0 aromatic heterocycles. The topological polar surface area (TPSA) is 111 Å². The summed E-state index contributed by atoms with van der Waals surface area (Å²) in [6.07, 6.45) is 0.833. The van der Waals surface area contributed by atoms with Crippen molar-refractivity contribution in [3.63, 3.8) is 0 Å². The van der Waals surface area contributed by atoms with Gasteiger partial charge in [0, 0.05) is 18.8 Å². The van der Waals surface area contributed by atoms with Crippen LogP contribution in [0.4, 0.5) is 17.1 Å². The molecular formula is C18H19N3O5. The summed E-state index contributed by atoms with van der Waals surface area (Å²) in [5, 5.41) is 16.3. The van der Waals surface area contributed by atoms with Crippen molar-refractivity contribution in [2.45, 2.75) is 13.3 Å². The predicted octanol–water partition coefficient (Wildman–Crippen LogP) is 2.99. The number of amides is 1. The van der Waals surface area contributed by atoms with Crippen molar-refractivity contribution in [2.24, 2.45) is 0 Å². The van der Waals surface area contributed by atoms with E-state index in [0.29, 0.717) is 5.69 Å². The molecule has 0 aliphatic carbocycles. The Bertz CT molecular complexity index is 835. The highest BCUT2D eigenvalue weighted by atomic mass is 16.6. The van der Waals surface area contributed by atoms with Gasteiger partial charge in [0.1, 0.15) is 5.69 Å². The first-order chi connectivity index (χ1) is 12.4. The van der Waals surface area contributed by atoms with Gasteiger partial charge in [-0.15, -0.1) is 0 Å². The van der Waals surface area contributed by atoms with Crippen LogP contribution in [0.25, 0.3) is 0 Å². The van der Waals surface area contributed by atoms with Gasteiger partial charge in [-0.25, -0.2) is 4.79 Å². The summed E-state index contributed by atoms with van der Waals surface area (Å²) in [4.78, 5) is 34.4. The minimum Gasteiger partial charge on any atom is -0.452 e. The Balaban J connectivity index is 1.98. The third-order valence-electron chi connectivity index (χ3n) is 3.65. The standard InChI is InChI=1S/C18H19N3O5/c1-3-12-5-4-6-14(9-12)20-17(22)11-26-18(23)13-7-8-15(19-2)16(10-13)21(24)25/h4-10,19H,3,11H2,1-2H3,(H,20,22). The van der Waals surface area contributed by atoms with E-state index in [9.17, 15) is 19.7 Å². The summed E-state index contributed by atoms with van der Waals surface area (Å²) >= 11 is 0. The zero-order valence-electron chi connectivity index (χ0n) is 14.4. The normalized spacial score (nSPS) is 10.1. The molecule has 0 saturated carbocycles. The number of hydrogen-bond donors (Lipinski definition) is 2. The lowest BCUT2D eigenvalue weighted by Crippen LogP contribution is -2.21. The lowest BCUT2D eigenvalue weighted by molar-refractivity contribution is -0.384. The molecule has 0 saturated heterocycles. The lowest BCUT2D eigenvalue weighted by Gasteiger charge is -2.08. The van der Waals surface area contributed by atoms with Crippen LogP contribution in [0.2, 0.25) is 0 Å². The molecule has 0 heterocycles. The smallest absolute Gasteiger partial charge is 0.338 e. The second-order valence-corrected chi connectivity index (χ2v) is 5.42. The van der Waals surface area contributed by atoms with Gasteiger partial charge in [-0.1, -0.05) is 19.1 Å². The third-order valence-corrected chi connectivity index (χ3v) is 3.65. The highest BCUT2D eigenvalue weighted by molar-refractivity contribution is 5.96. The molecule has 0 unspecified atom stereocenters. The summed E-state index contributed by atoms with van der Waals surface area (Å²) in [5.74, 6) is -1.30. The quantitative estimate of drug-likeness (QED) is 0.448. The number of nitrogens with zero attached hydrogens (tertiary/aromatic N) is 1. The summed E-state index contributed by atoms with van der Waals surface area (Å²) in [6.45, 7) is 1.51. The van der Waals surface area contributed by atoms with Gasteiger partial charge in [-0.05, 0) is 36.2 Å². The van der Waals surface area contributed by atoms with E-state index in [2.05, 4.69) is 10.6 Å². The summed E-state index contributed by atoms with van der Waals surface area (Å²) in [5.41, 5.74) is 1.70. The maximum Gasteiger partial charge on any atom is 0.338 e. The highest BCUT2D eigenvalue weighted by Crippen LogP contribution is 2.25. The number of benzene rings is 2. The van der Waals surface area contributed by atoms with Gasteiger partial charge in [0.15, 0.2) is 6.61 Å². The van der Waals surface area contributed by atoms with Gasteiger partial charge >= 0.3 is 5.97 Å². The molecule has 0 aliphatic rings. The summed E-state index contributed by atoms with van der Waals surface area (Å²) in [7, 11) is 1.54. The highest BCUT2D eigenvalue weighted by Gasteiger charge is 2.18. The van der Waals surface area contributed by atoms with Crippen LogP contribution in [0.15, 0.2) is 42.5 Å². The fraction of sp³-hybridized carbons (Fsp3) is 0.222. The van der Waals surface area contributed by atoms with Crippen molar-refractivity contribution in [2.75, 3.05) is 24.3 Å². The van der Waals surface area contributed by atoms with E-state index >= 15 is 0 Å². The fourth-order valence-corrected chi connectivity index (χ4v) is 2.30. The van der Waals surface area contributed by atoms with Crippen LogP contribution in [-0.4, -0.2) is 30.5 Å². The SMILES string of the molecule is CCc1cccc(NC(=O)COC(=O)c2ccc(NC)c([N+](=O)[O-])c2)c1. The van der Waals surface area contributed by atoms with Crippen molar-refractivity contribution in [3.05, 3.63) is 63.7 Å². The number of aryl methyl sites for hydroxylation is 1. The van der Waals surface area contributed by atoms with Crippen LogP contribution in [-0.2, 0) is 16.0 Å². The number of carbonyl (C=O) groups excluding carboxylic acids is 2. The number of hydrogen-bond acceptors (Lipinski definition) is 6. The van der Waals surface area contributed by atoms with Gasteiger partial charge in [0.2, 0.25) is 0 Å². The van der Waals surface area contributed by atoms with E-state index in [4.69, 9.17) is 4.74 Å². The van der Waals surface area contributed by atoms with Crippen molar-refractivity contribution >= 4 is 28.9 Å². The van der Waals surface area contributed by atoms with Crippen molar-refractivity contribution in [1.29, 1.82) is 0 Å². The number of nitro groups is 1. The molecular weight excluding hydrogens is 338 g/mol. The Labute approximate surface area is 150 Å². The van der Waals surface area contributed by atoms with Crippen molar-refractivity contribution in [1.82, 2.24) is 0 Å². The molecule has 26 heavy (non-hydrogen) atoms. The predicted molar refractivity (Wildman–Crippen MR) is 97.4 cm³/mol. The van der Waals surface area contributed by atoms with E-state index in [-0.39, 0.29) is 16.9 Å². The number of esters is 1. The minimum absolute atomic E-state index is 0.00326. The number of ether oxygens (including phenoxy) is 1. The molecule has 2 N–H and O–H groups in total. The molecule has 0 bridgehead atoms. The molecule has 0 fully saturated rings. The van der Waals surface area contributed by atoms with Gasteiger partial charge in [-0.2, -0.15) is 0 Å². The van der Waals surface area contributed by atoms with E-state index < -0.39 is 23.4 Å². The molecule has 2 rings (SSSR count). The maximum absolute atomic E-state index is 12.0. The lowest BCUT2D eigenvalue weighted by atomic mass is 10.1. The minimum atomic E-state index is -0.812. The Hall–Kier alpha value is -3.42. The molecule has 2 aromatic rings. The van der Waals surface area contributed by atoms with Gasteiger partial charge in [0.25, 0.3) is 11.6 Å². The van der Waals surface area contributed by atoms with Gasteiger partial charge in [-0.3, -0.25) is 14.9 Å². The zero-order chi connectivity index (χ0) is 19.1. The van der Waals surface area contributed by atoms with E-state index in [1.165, 1.54) is 19.2 Å². The molecule has 8 nitrogen and oxygen atoms in total. The van der Waals surface area contributed by atoms with Gasteiger partial charge < -0.3 is 15.4 Å². The zero-order valence-corrected chi connectivity index (χ0v) is 14.4. The largest absolute Gasteiger partial charge is 0.452 e. The van der Waals surface area contributed by atoms with E-state index in [1.54, 1.807) is 6.07 Å². The molecule has 1 amide bonds. The molecule has 0 radical (unpaired) electrons. The number of anilines is 2.